The summed E-state index contributed by atoms with van der Waals surface area (Å²) in [6.07, 6.45) is 0. The summed E-state index contributed by atoms with van der Waals surface area (Å²) in [5.41, 5.74) is 0.278. The first kappa shape index (κ1) is 19.9. The van der Waals surface area contributed by atoms with Crippen LogP contribution in [0.25, 0.3) is 0 Å². The summed E-state index contributed by atoms with van der Waals surface area (Å²) >= 11 is 0. The van der Waals surface area contributed by atoms with Gasteiger partial charge in [-0.05, 0) is 27.7 Å². The molecule has 1 aromatic rings. The lowest BCUT2D eigenvalue weighted by molar-refractivity contribution is -0.135. The second kappa shape index (κ2) is 7.61. The molecular weight excluding hydrogens is 344 g/mol. The molecule has 2 atom stereocenters. The molecule has 1 fully saturated rings. The molecule has 0 aliphatic carbocycles. The highest BCUT2D eigenvalue weighted by Crippen LogP contribution is 2.19. The maximum Gasteiger partial charge on any atom is 0.246 e. The van der Waals surface area contributed by atoms with Crippen molar-refractivity contribution in [2.45, 2.75) is 44.7 Å². The van der Waals surface area contributed by atoms with Gasteiger partial charge in [0.1, 0.15) is 10.6 Å². The van der Waals surface area contributed by atoms with Gasteiger partial charge in [0.15, 0.2) is 5.76 Å². The van der Waals surface area contributed by atoms with Crippen LogP contribution in [-0.2, 0) is 14.8 Å². The molecule has 0 radical (unpaired) electrons. The third-order valence-electron chi connectivity index (χ3n) is 3.72. The molecule has 0 bridgehead atoms. The molecule has 23 heavy (non-hydrogen) atoms. The highest BCUT2D eigenvalue weighted by Gasteiger charge is 2.32. The van der Waals surface area contributed by atoms with Gasteiger partial charge in [-0.15, -0.1) is 12.4 Å². The number of rotatable bonds is 4. The number of amides is 1. The summed E-state index contributed by atoms with van der Waals surface area (Å²) in [4.78, 5) is 14.1. The summed E-state index contributed by atoms with van der Waals surface area (Å²) < 4.78 is 32.1. The van der Waals surface area contributed by atoms with Crippen molar-refractivity contribution >= 4 is 28.3 Å². The summed E-state index contributed by atoms with van der Waals surface area (Å²) in [5, 5.41) is 6.83. The smallest absolute Gasteiger partial charge is 0.246 e. The van der Waals surface area contributed by atoms with Crippen LogP contribution in [0.2, 0.25) is 0 Å². The van der Waals surface area contributed by atoms with E-state index in [1.165, 1.54) is 6.92 Å². The van der Waals surface area contributed by atoms with E-state index in [1.807, 2.05) is 6.92 Å². The average molecular weight is 367 g/mol. The van der Waals surface area contributed by atoms with Crippen molar-refractivity contribution in [3.63, 3.8) is 0 Å². The molecule has 2 unspecified atom stereocenters. The summed E-state index contributed by atoms with van der Waals surface area (Å²) in [5.74, 6) is -0.0236. The van der Waals surface area contributed by atoms with Gasteiger partial charge < -0.3 is 14.7 Å². The van der Waals surface area contributed by atoms with Crippen LogP contribution < -0.4 is 10.0 Å². The molecule has 1 aromatic heterocycles. The van der Waals surface area contributed by atoms with Crippen molar-refractivity contribution in [1.82, 2.24) is 20.1 Å². The predicted molar refractivity (Wildman–Crippen MR) is 87.1 cm³/mol. The average Bonchev–Trinajstić information content (AvgIpc) is 2.78. The number of carbonyl (C=O) groups excluding carboxylic acids is 1. The largest absolute Gasteiger partial charge is 0.360 e. The number of nitrogens with zero attached hydrogens (tertiary/aromatic N) is 2. The molecule has 1 aliphatic heterocycles. The number of sulfonamides is 1. The van der Waals surface area contributed by atoms with Crippen LogP contribution in [0.4, 0.5) is 0 Å². The van der Waals surface area contributed by atoms with Crippen molar-refractivity contribution in [3.8, 4) is 0 Å². The van der Waals surface area contributed by atoms with Gasteiger partial charge in [-0.25, -0.2) is 8.42 Å². The first-order valence-electron chi connectivity index (χ1n) is 7.20. The number of aromatic nitrogens is 1. The zero-order valence-corrected chi connectivity index (χ0v) is 15.3. The molecule has 0 spiro atoms. The van der Waals surface area contributed by atoms with E-state index in [-0.39, 0.29) is 40.7 Å². The van der Waals surface area contributed by atoms with Gasteiger partial charge in [-0.2, -0.15) is 4.72 Å². The van der Waals surface area contributed by atoms with Crippen molar-refractivity contribution in [2.75, 3.05) is 19.6 Å². The van der Waals surface area contributed by atoms with E-state index in [1.54, 1.807) is 18.7 Å². The Balaban J connectivity index is 0.00000264. The van der Waals surface area contributed by atoms with E-state index >= 15 is 0 Å². The quantitative estimate of drug-likeness (QED) is 0.788. The number of carbonyl (C=O) groups is 1. The Bertz CT molecular complexity index is 641. The van der Waals surface area contributed by atoms with Gasteiger partial charge in [-0.1, -0.05) is 5.16 Å². The van der Waals surface area contributed by atoms with Crippen LogP contribution in [-0.4, -0.2) is 56.1 Å². The molecule has 1 aliphatic rings. The van der Waals surface area contributed by atoms with E-state index < -0.39 is 16.1 Å². The number of aryl methyl sites for hydroxylation is 2. The molecule has 2 N–H and O–H groups in total. The van der Waals surface area contributed by atoms with Crippen molar-refractivity contribution < 1.29 is 17.7 Å². The van der Waals surface area contributed by atoms with Crippen LogP contribution in [0.3, 0.4) is 0 Å². The Morgan fingerprint density at radius 2 is 2.13 bits per heavy atom. The summed E-state index contributed by atoms with van der Waals surface area (Å²) in [7, 11) is -3.85. The number of hydrogen-bond donors (Lipinski definition) is 2. The molecule has 8 nitrogen and oxygen atoms in total. The number of piperazine rings is 1. The fourth-order valence-corrected chi connectivity index (χ4v) is 4.14. The maximum absolute atomic E-state index is 12.5. The van der Waals surface area contributed by atoms with E-state index in [0.717, 1.165) is 0 Å². The molecule has 0 aromatic carbocycles. The third kappa shape index (κ3) is 4.23. The second-order valence-corrected chi connectivity index (χ2v) is 7.23. The van der Waals surface area contributed by atoms with Crippen LogP contribution in [0.1, 0.15) is 25.3 Å². The molecule has 132 valence electrons. The Labute approximate surface area is 142 Å². The van der Waals surface area contributed by atoms with Gasteiger partial charge in [-0.3, -0.25) is 4.79 Å². The summed E-state index contributed by atoms with van der Waals surface area (Å²) in [6.45, 7) is 8.54. The van der Waals surface area contributed by atoms with Gasteiger partial charge in [0.05, 0.1) is 6.04 Å². The zero-order valence-electron chi connectivity index (χ0n) is 13.6. The van der Waals surface area contributed by atoms with E-state index in [4.69, 9.17) is 4.52 Å². The zero-order chi connectivity index (χ0) is 16.5. The second-order valence-electron chi connectivity index (χ2n) is 5.58. The molecule has 1 amide bonds. The number of nitrogens with one attached hydrogen (secondary N) is 2. The first-order valence-corrected chi connectivity index (χ1v) is 8.68. The predicted octanol–water partition coefficient (Wildman–Crippen LogP) is 0.200. The third-order valence-corrected chi connectivity index (χ3v) is 5.51. The minimum atomic E-state index is -3.85. The molecule has 2 rings (SSSR count). The van der Waals surface area contributed by atoms with E-state index in [9.17, 15) is 13.2 Å². The SMILES string of the molecule is Cc1noc(C)c1S(=O)(=O)NC(C)C(=O)N1CCNCC1C.Cl. The number of halogens is 1. The Hall–Kier alpha value is -1.16. The Morgan fingerprint density at radius 3 is 2.65 bits per heavy atom. The molecule has 10 heteroatoms. The highest BCUT2D eigenvalue weighted by atomic mass is 35.5. The highest BCUT2D eigenvalue weighted by molar-refractivity contribution is 7.89. The van der Waals surface area contributed by atoms with Gasteiger partial charge in [0.2, 0.25) is 15.9 Å². The monoisotopic (exact) mass is 366 g/mol. The van der Waals surface area contributed by atoms with Crippen molar-refractivity contribution in [2.24, 2.45) is 0 Å². The fraction of sp³-hybridized carbons (Fsp3) is 0.692. The minimum Gasteiger partial charge on any atom is -0.360 e. The first-order chi connectivity index (χ1) is 10.2. The van der Waals surface area contributed by atoms with Crippen LogP contribution in [0.5, 0.6) is 0 Å². The normalized spacial score (nSPS) is 20.0. The van der Waals surface area contributed by atoms with Crippen LogP contribution in [0.15, 0.2) is 9.42 Å². The molecule has 0 saturated carbocycles. The van der Waals surface area contributed by atoms with E-state index in [2.05, 4.69) is 15.2 Å². The van der Waals surface area contributed by atoms with Crippen molar-refractivity contribution in [3.05, 3.63) is 11.5 Å². The standard InChI is InChI=1S/C13H22N4O4S.ClH/c1-8-7-14-5-6-17(8)13(18)10(3)16-22(19,20)12-9(2)15-21-11(12)4;/h8,10,14,16H,5-7H2,1-4H3;1H. The lowest BCUT2D eigenvalue weighted by Gasteiger charge is -2.35. The molecule has 2 heterocycles. The number of hydrogen-bond acceptors (Lipinski definition) is 6. The van der Waals surface area contributed by atoms with E-state index in [0.29, 0.717) is 19.6 Å². The minimum absolute atomic E-state index is 0. The molecular formula is C13H23ClN4O4S. The maximum atomic E-state index is 12.5. The van der Waals surface area contributed by atoms with Crippen LogP contribution >= 0.6 is 12.4 Å². The molecule has 1 saturated heterocycles. The van der Waals surface area contributed by atoms with Crippen molar-refractivity contribution in [1.29, 1.82) is 0 Å². The van der Waals surface area contributed by atoms with Gasteiger partial charge in [0, 0.05) is 25.7 Å². The lowest BCUT2D eigenvalue weighted by Crippen LogP contribution is -2.57. The van der Waals surface area contributed by atoms with Gasteiger partial charge in [0.25, 0.3) is 0 Å². The lowest BCUT2D eigenvalue weighted by atomic mass is 10.2. The fourth-order valence-electron chi connectivity index (χ4n) is 2.62. The topological polar surface area (TPSA) is 105 Å². The van der Waals surface area contributed by atoms with Crippen LogP contribution in [0, 0.1) is 13.8 Å². The summed E-state index contributed by atoms with van der Waals surface area (Å²) in [6, 6.07) is -0.813. The van der Waals surface area contributed by atoms with Gasteiger partial charge >= 0.3 is 0 Å². The Kier molecular flexibility index (Phi) is 6.58. The Morgan fingerprint density at radius 1 is 1.48 bits per heavy atom.